The van der Waals surface area contributed by atoms with Crippen LogP contribution in [0.3, 0.4) is 0 Å². The van der Waals surface area contributed by atoms with E-state index in [1.807, 2.05) is 0 Å². The summed E-state index contributed by atoms with van der Waals surface area (Å²) < 4.78 is 38.1. The Kier molecular flexibility index (Phi) is 6.15. The zero-order valence-electron chi connectivity index (χ0n) is 12.2. The third-order valence-corrected chi connectivity index (χ3v) is 4.67. The Morgan fingerprint density at radius 1 is 1.00 bits per heavy atom. The number of hydrogen-bond acceptors (Lipinski definition) is 2. The lowest BCUT2D eigenvalue weighted by molar-refractivity contribution is -0.183. The summed E-state index contributed by atoms with van der Waals surface area (Å²) >= 11 is 0. The molecule has 2 unspecified atom stereocenters. The lowest BCUT2D eigenvalue weighted by Crippen LogP contribution is -2.40. The van der Waals surface area contributed by atoms with Gasteiger partial charge in [-0.3, -0.25) is 0 Å². The first-order valence-electron chi connectivity index (χ1n) is 8.08. The van der Waals surface area contributed by atoms with E-state index >= 15 is 0 Å². The van der Waals surface area contributed by atoms with Gasteiger partial charge in [-0.25, -0.2) is 0 Å². The number of likely N-dealkylation sites (tertiary alicyclic amines) is 1. The molecule has 0 spiro atoms. The molecule has 5 heteroatoms. The minimum atomic E-state index is -4.01. The number of rotatable bonds is 5. The SMILES string of the molecule is FC(F)(F)C1CCCC(NCCCN2CCCCC2)C1. The first kappa shape index (κ1) is 16.1. The van der Waals surface area contributed by atoms with Crippen LogP contribution < -0.4 is 5.32 Å². The minimum Gasteiger partial charge on any atom is -0.314 e. The van der Waals surface area contributed by atoms with E-state index in [9.17, 15) is 13.2 Å². The molecule has 2 atom stereocenters. The number of halogens is 3. The smallest absolute Gasteiger partial charge is 0.314 e. The maximum atomic E-state index is 12.7. The summed E-state index contributed by atoms with van der Waals surface area (Å²) in [7, 11) is 0. The summed E-state index contributed by atoms with van der Waals surface area (Å²) in [5, 5.41) is 3.34. The summed E-state index contributed by atoms with van der Waals surface area (Å²) in [4.78, 5) is 2.48. The number of hydrogen-bond donors (Lipinski definition) is 1. The molecule has 0 amide bonds. The first-order chi connectivity index (χ1) is 9.55. The van der Waals surface area contributed by atoms with Crippen LogP contribution in [-0.4, -0.2) is 43.3 Å². The van der Waals surface area contributed by atoms with Crippen molar-refractivity contribution in [1.29, 1.82) is 0 Å². The van der Waals surface area contributed by atoms with E-state index in [1.54, 1.807) is 0 Å². The van der Waals surface area contributed by atoms with Gasteiger partial charge < -0.3 is 10.2 Å². The van der Waals surface area contributed by atoms with Crippen LogP contribution in [0.15, 0.2) is 0 Å². The van der Waals surface area contributed by atoms with E-state index in [-0.39, 0.29) is 12.5 Å². The lowest BCUT2D eigenvalue weighted by Gasteiger charge is -2.31. The van der Waals surface area contributed by atoms with Gasteiger partial charge in [0.2, 0.25) is 0 Å². The number of nitrogens with zero attached hydrogens (tertiary/aromatic N) is 1. The van der Waals surface area contributed by atoms with Crippen LogP contribution in [0.25, 0.3) is 0 Å². The van der Waals surface area contributed by atoms with Gasteiger partial charge in [-0.15, -0.1) is 0 Å². The predicted octanol–water partition coefficient (Wildman–Crippen LogP) is 3.57. The van der Waals surface area contributed by atoms with Crippen molar-refractivity contribution in [1.82, 2.24) is 10.2 Å². The fourth-order valence-corrected chi connectivity index (χ4v) is 3.46. The molecule has 1 heterocycles. The average molecular weight is 292 g/mol. The van der Waals surface area contributed by atoms with E-state index in [0.717, 1.165) is 25.9 Å². The standard InChI is InChI=1S/C15H27F3N2/c16-15(17,18)13-6-4-7-14(12-13)19-8-5-11-20-9-2-1-3-10-20/h13-14,19H,1-12H2. The molecule has 2 nitrogen and oxygen atoms in total. The maximum absolute atomic E-state index is 12.7. The molecular weight excluding hydrogens is 265 g/mol. The second-order valence-electron chi connectivity index (χ2n) is 6.31. The Balaban J connectivity index is 1.59. The van der Waals surface area contributed by atoms with Crippen molar-refractivity contribution >= 4 is 0 Å². The molecule has 0 aromatic heterocycles. The molecule has 2 fully saturated rings. The summed E-state index contributed by atoms with van der Waals surface area (Å²) in [5.41, 5.74) is 0. The summed E-state index contributed by atoms with van der Waals surface area (Å²) in [6.07, 6.45) is 3.16. The Bertz CT molecular complexity index is 275. The van der Waals surface area contributed by atoms with Crippen molar-refractivity contribution in [3.8, 4) is 0 Å². The molecule has 0 bridgehead atoms. The van der Waals surface area contributed by atoms with Gasteiger partial charge in [-0.1, -0.05) is 12.8 Å². The number of piperidine rings is 1. The average Bonchev–Trinajstić information content (AvgIpc) is 2.44. The Morgan fingerprint density at radius 3 is 2.45 bits per heavy atom. The molecule has 0 aromatic rings. The van der Waals surface area contributed by atoms with Gasteiger partial charge in [0, 0.05) is 6.04 Å². The summed E-state index contributed by atoms with van der Waals surface area (Å²) in [5.74, 6) is -1.09. The van der Waals surface area contributed by atoms with Crippen LogP contribution in [0.4, 0.5) is 13.2 Å². The Morgan fingerprint density at radius 2 is 1.75 bits per heavy atom. The van der Waals surface area contributed by atoms with E-state index in [4.69, 9.17) is 0 Å². The number of alkyl halides is 3. The molecule has 2 aliphatic rings. The predicted molar refractivity (Wildman–Crippen MR) is 74.7 cm³/mol. The quantitative estimate of drug-likeness (QED) is 0.779. The van der Waals surface area contributed by atoms with Gasteiger partial charge in [0.15, 0.2) is 0 Å². The normalized spacial score (nSPS) is 29.6. The van der Waals surface area contributed by atoms with Crippen molar-refractivity contribution in [2.24, 2.45) is 5.92 Å². The van der Waals surface area contributed by atoms with Crippen LogP contribution in [0.5, 0.6) is 0 Å². The van der Waals surface area contributed by atoms with Gasteiger partial charge in [0.1, 0.15) is 0 Å². The van der Waals surface area contributed by atoms with Crippen LogP contribution in [0.2, 0.25) is 0 Å². The van der Waals surface area contributed by atoms with Gasteiger partial charge in [-0.05, 0) is 64.7 Å². The molecule has 1 aliphatic heterocycles. The van der Waals surface area contributed by atoms with Crippen molar-refractivity contribution in [3.63, 3.8) is 0 Å². The summed E-state index contributed by atoms with van der Waals surface area (Å²) in [6.45, 7) is 4.33. The zero-order valence-corrected chi connectivity index (χ0v) is 12.2. The Labute approximate surface area is 120 Å². The largest absolute Gasteiger partial charge is 0.391 e. The van der Waals surface area contributed by atoms with E-state index in [2.05, 4.69) is 10.2 Å². The number of nitrogens with one attached hydrogen (secondary N) is 1. The van der Waals surface area contributed by atoms with Crippen LogP contribution in [0, 0.1) is 5.92 Å². The summed E-state index contributed by atoms with van der Waals surface area (Å²) in [6, 6.07) is 0.0664. The second kappa shape index (κ2) is 7.64. The van der Waals surface area contributed by atoms with Crippen molar-refractivity contribution in [3.05, 3.63) is 0 Å². The van der Waals surface area contributed by atoms with E-state index < -0.39 is 12.1 Å². The van der Waals surface area contributed by atoms with Gasteiger partial charge >= 0.3 is 6.18 Å². The molecule has 0 radical (unpaired) electrons. The molecule has 1 saturated heterocycles. The highest BCUT2D eigenvalue weighted by Gasteiger charge is 2.41. The molecule has 1 aliphatic carbocycles. The monoisotopic (exact) mass is 292 g/mol. The highest BCUT2D eigenvalue weighted by molar-refractivity contribution is 4.81. The molecule has 1 saturated carbocycles. The van der Waals surface area contributed by atoms with E-state index in [0.29, 0.717) is 12.8 Å². The third kappa shape index (κ3) is 5.24. The highest BCUT2D eigenvalue weighted by atomic mass is 19.4. The highest BCUT2D eigenvalue weighted by Crippen LogP contribution is 2.37. The van der Waals surface area contributed by atoms with Crippen molar-refractivity contribution in [2.45, 2.75) is 63.6 Å². The third-order valence-electron chi connectivity index (χ3n) is 4.67. The molecule has 20 heavy (non-hydrogen) atoms. The topological polar surface area (TPSA) is 15.3 Å². The van der Waals surface area contributed by atoms with Crippen LogP contribution >= 0.6 is 0 Å². The molecule has 2 rings (SSSR count). The molecule has 0 aromatic carbocycles. The van der Waals surface area contributed by atoms with Crippen molar-refractivity contribution < 1.29 is 13.2 Å². The van der Waals surface area contributed by atoms with Crippen LogP contribution in [-0.2, 0) is 0 Å². The minimum absolute atomic E-state index is 0.0664. The second-order valence-corrected chi connectivity index (χ2v) is 6.31. The molecular formula is C15H27F3N2. The fourth-order valence-electron chi connectivity index (χ4n) is 3.46. The lowest BCUT2D eigenvalue weighted by atomic mass is 9.85. The Hall–Kier alpha value is -0.290. The van der Waals surface area contributed by atoms with Gasteiger partial charge in [0.05, 0.1) is 5.92 Å². The van der Waals surface area contributed by atoms with Gasteiger partial charge in [-0.2, -0.15) is 13.2 Å². The van der Waals surface area contributed by atoms with Crippen molar-refractivity contribution in [2.75, 3.05) is 26.2 Å². The van der Waals surface area contributed by atoms with Gasteiger partial charge in [0.25, 0.3) is 0 Å². The van der Waals surface area contributed by atoms with Crippen LogP contribution in [0.1, 0.15) is 51.4 Å². The van der Waals surface area contributed by atoms with E-state index in [1.165, 1.54) is 32.4 Å². The first-order valence-corrected chi connectivity index (χ1v) is 8.08. The molecule has 1 N–H and O–H groups in total. The fraction of sp³-hybridized carbons (Fsp3) is 1.00. The molecule has 118 valence electrons. The maximum Gasteiger partial charge on any atom is 0.391 e. The zero-order chi connectivity index (χ0) is 14.4.